The van der Waals surface area contributed by atoms with Crippen LogP contribution in [-0.4, -0.2) is 49.6 Å². The summed E-state index contributed by atoms with van der Waals surface area (Å²) in [5.41, 5.74) is 0.934. The van der Waals surface area contributed by atoms with E-state index in [1.807, 2.05) is 27.7 Å². The van der Waals surface area contributed by atoms with E-state index in [1.54, 1.807) is 4.90 Å². The Bertz CT molecular complexity index is 327. The van der Waals surface area contributed by atoms with Crippen LogP contribution in [0.25, 0.3) is 0 Å². The molecule has 0 rings (SSSR count). The van der Waals surface area contributed by atoms with Gasteiger partial charge in [-0.3, -0.25) is 14.9 Å². The normalized spacial score (nSPS) is 12.1. The maximum absolute atomic E-state index is 12.0. The van der Waals surface area contributed by atoms with Crippen LogP contribution in [0.4, 0.5) is 0 Å². The Morgan fingerprint density at radius 1 is 1.37 bits per heavy atom. The molecule has 1 N–H and O–H groups in total. The molecule has 0 aliphatic carbocycles. The molecule has 1 amide bonds. The first-order valence-electron chi connectivity index (χ1n) is 6.56. The maximum atomic E-state index is 12.0. The monoisotopic (exact) mass is 270 g/mol. The van der Waals surface area contributed by atoms with Crippen molar-refractivity contribution in [2.24, 2.45) is 5.92 Å². The van der Waals surface area contributed by atoms with Crippen LogP contribution in [0.3, 0.4) is 0 Å². The molecular weight excluding hydrogens is 244 g/mol. The van der Waals surface area contributed by atoms with E-state index in [-0.39, 0.29) is 24.3 Å². The van der Waals surface area contributed by atoms with Crippen molar-refractivity contribution in [2.45, 2.75) is 33.7 Å². The van der Waals surface area contributed by atoms with Crippen LogP contribution in [-0.2, 0) is 14.3 Å². The predicted octanol–water partition coefficient (Wildman–Crippen LogP) is 1.20. The van der Waals surface area contributed by atoms with Gasteiger partial charge in [0.15, 0.2) is 0 Å². The summed E-state index contributed by atoms with van der Waals surface area (Å²) in [4.78, 5) is 25.3. The third kappa shape index (κ3) is 6.38. The summed E-state index contributed by atoms with van der Waals surface area (Å²) < 4.78 is 4.72. The number of carbonyl (C=O) groups excluding carboxylic acids is 2. The van der Waals surface area contributed by atoms with Crippen molar-refractivity contribution >= 4 is 11.9 Å². The lowest BCUT2D eigenvalue weighted by atomic mass is 10.0. The second kappa shape index (κ2) is 8.69. The number of esters is 1. The standard InChI is InChI=1S/C14H26N2O3/c1-7-16(9-10(2)3)12(17)8-15-13(11(4)5)14(18)19-6/h11,13,15H,2,7-9H2,1,3-6H3/t13-/m0/s1. The second-order valence-electron chi connectivity index (χ2n) is 4.99. The van der Waals surface area contributed by atoms with Gasteiger partial charge in [-0.1, -0.05) is 26.0 Å². The smallest absolute Gasteiger partial charge is 0.323 e. The van der Waals surface area contributed by atoms with Gasteiger partial charge in [0.05, 0.1) is 13.7 Å². The van der Waals surface area contributed by atoms with Gasteiger partial charge in [-0.15, -0.1) is 0 Å². The zero-order valence-corrected chi connectivity index (χ0v) is 12.7. The Morgan fingerprint density at radius 2 is 1.95 bits per heavy atom. The number of rotatable bonds is 8. The lowest BCUT2D eigenvalue weighted by Gasteiger charge is -2.24. The molecule has 0 saturated carbocycles. The summed E-state index contributed by atoms with van der Waals surface area (Å²) in [6.07, 6.45) is 0. The molecule has 0 aromatic carbocycles. The van der Waals surface area contributed by atoms with Crippen LogP contribution >= 0.6 is 0 Å². The van der Waals surface area contributed by atoms with E-state index in [1.165, 1.54) is 7.11 Å². The first-order valence-corrected chi connectivity index (χ1v) is 6.56. The molecule has 0 heterocycles. The van der Waals surface area contributed by atoms with Gasteiger partial charge < -0.3 is 9.64 Å². The Balaban J connectivity index is 4.46. The molecule has 0 spiro atoms. The summed E-state index contributed by atoms with van der Waals surface area (Å²) in [7, 11) is 1.35. The topological polar surface area (TPSA) is 58.6 Å². The predicted molar refractivity (Wildman–Crippen MR) is 75.7 cm³/mol. The molecule has 1 atom stereocenters. The van der Waals surface area contributed by atoms with E-state index >= 15 is 0 Å². The summed E-state index contributed by atoms with van der Waals surface area (Å²) in [5.74, 6) is -0.317. The van der Waals surface area contributed by atoms with Crippen molar-refractivity contribution in [3.05, 3.63) is 12.2 Å². The number of nitrogens with zero attached hydrogens (tertiary/aromatic N) is 1. The fourth-order valence-electron chi connectivity index (χ4n) is 1.73. The average molecular weight is 270 g/mol. The fraction of sp³-hybridized carbons (Fsp3) is 0.714. The Kier molecular flexibility index (Phi) is 8.07. The molecule has 0 unspecified atom stereocenters. The zero-order valence-electron chi connectivity index (χ0n) is 12.7. The Morgan fingerprint density at radius 3 is 2.32 bits per heavy atom. The molecule has 5 nitrogen and oxygen atoms in total. The molecule has 0 aliphatic rings. The van der Waals surface area contributed by atoms with E-state index in [4.69, 9.17) is 4.74 Å². The highest BCUT2D eigenvalue weighted by Gasteiger charge is 2.24. The van der Waals surface area contributed by atoms with E-state index in [0.717, 1.165) is 5.57 Å². The van der Waals surface area contributed by atoms with E-state index in [9.17, 15) is 9.59 Å². The van der Waals surface area contributed by atoms with Crippen molar-refractivity contribution in [1.29, 1.82) is 0 Å². The summed E-state index contributed by atoms with van der Waals surface area (Å²) >= 11 is 0. The first-order chi connectivity index (χ1) is 8.83. The fourth-order valence-corrected chi connectivity index (χ4v) is 1.73. The molecule has 0 aromatic rings. The highest BCUT2D eigenvalue weighted by atomic mass is 16.5. The molecule has 110 valence electrons. The van der Waals surface area contributed by atoms with Crippen LogP contribution in [0.5, 0.6) is 0 Å². The third-order valence-corrected chi connectivity index (χ3v) is 2.79. The highest BCUT2D eigenvalue weighted by Crippen LogP contribution is 2.04. The number of hydrogen-bond donors (Lipinski definition) is 1. The van der Waals surface area contributed by atoms with Crippen LogP contribution < -0.4 is 5.32 Å². The van der Waals surface area contributed by atoms with Crippen LogP contribution in [0.2, 0.25) is 0 Å². The Hall–Kier alpha value is -1.36. The quantitative estimate of drug-likeness (QED) is 0.532. The van der Waals surface area contributed by atoms with Crippen molar-refractivity contribution in [3.63, 3.8) is 0 Å². The van der Waals surface area contributed by atoms with Gasteiger partial charge in [0.25, 0.3) is 0 Å². The molecule has 19 heavy (non-hydrogen) atoms. The van der Waals surface area contributed by atoms with Gasteiger partial charge in [0, 0.05) is 13.1 Å². The molecular formula is C14H26N2O3. The van der Waals surface area contributed by atoms with Crippen molar-refractivity contribution in [1.82, 2.24) is 10.2 Å². The number of carbonyl (C=O) groups is 2. The first kappa shape index (κ1) is 17.6. The second-order valence-corrected chi connectivity index (χ2v) is 4.99. The van der Waals surface area contributed by atoms with Crippen molar-refractivity contribution in [3.8, 4) is 0 Å². The molecule has 0 saturated heterocycles. The van der Waals surface area contributed by atoms with Gasteiger partial charge in [0.2, 0.25) is 5.91 Å². The van der Waals surface area contributed by atoms with Crippen molar-refractivity contribution in [2.75, 3.05) is 26.7 Å². The number of nitrogens with one attached hydrogen (secondary N) is 1. The van der Waals surface area contributed by atoms with E-state index in [0.29, 0.717) is 13.1 Å². The number of methoxy groups -OCH3 is 1. The van der Waals surface area contributed by atoms with Crippen LogP contribution in [0, 0.1) is 5.92 Å². The molecule has 0 aliphatic heterocycles. The highest BCUT2D eigenvalue weighted by molar-refractivity contribution is 5.80. The lowest BCUT2D eigenvalue weighted by Crippen LogP contribution is -2.47. The Labute approximate surface area is 116 Å². The minimum absolute atomic E-state index is 0.0416. The molecule has 0 fully saturated rings. The summed E-state index contributed by atoms with van der Waals surface area (Å²) in [6, 6.07) is -0.461. The van der Waals surface area contributed by atoms with E-state index in [2.05, 4.69) is 11.9 Å². The van der Waals surface area contributed by atoms with Crippen molar-refractivity contribution < 1.29 is 14.3 Å². The van der Waals surface area contributed by atoms with E-state index < -0.39 is 6.04 Å². The lowest BCUT2D eigenvalue weighted by molar-refractivity contribution is -0.144. The minimum atomic E-state index is -0.461. The SMILES string of the molecule is C=C(C)CN(CC)C(=O)CN[C@H](C(=O)OC)C(C)C. The molecule has 0 aromatic heterocycles. The summed E-state index contributed by atoms with van der Waals surface area (Å²) in [5, 5.41) is 2.96. The van der Waals surface area contributed by atoms with Crippen LogP contribution in [0.15, 0.2) is 12.2 Å². The molecule has 5 heteroatoms. The number of likely N-dealkylation sites (N-methyl/N-ethyl adjacent to an activating group) is 1. The van der Waals surface area contributed by atoms with Gasteiger partial charge in [-0.25, -0.2) is 0 Å². The van der Waals surface area contributed by atoms with Gasteiger partial charge in [-0.05, 0) is 19.8 Å². The third-order valence-electron chi connectivity index (χ3n) is 2.79. The number of hydrogen-bond acceptors (Lipinski definition) is 4. The molecule has 0 radical (unpaired) electrons. The molecule has 0 bridgehead atoms. The number of ether oxygens (including phenoxy) is 1. The zero-order chi connectivity index (χ0) is 15.0. The van der Waals surface area contributed by atoms with Gasteiger partial charge >= 0.3 is 5.97 Å². The minimum Gasteiger partial charge on any atom is -0.468 e. The summed E-state index contributed by atoms with van der Waals surface area (Å²) in [6.45, 7) is 12.7. The van der Waals surface area contributed by atoms with Gasteiger partial charge in [0.1, 0.15) is 6.04 Å². The van der Waals surface area contributed by atoms with Crippen LogP contribution in [0.1, 0.15) is 27.7 Å². The largest absolute Gasteiger partial charge is 0.468 e. The number of amides is 1. The van der Waals surface area contributed by atoms with Gasteiger partial charge in [-0.2, -0.15) is 0 Å². The maximum Gasteiger partial charge on any atom is 0.323 e. The average Bonchev–Trinajstić information content (AvgIpc) is 2.34.